The third-order valence-electron chi connectivity index (χ3n) is 2.60. The van der Waals surface area contributed by atoms with Crippen molar-refractivity contribution in [3.63, 3.8) is 0 Å². The number of aliphatic hydroxyl groups is 1. The van der Waals surface area contributed by atoms with E-state index < -0.39 is 5.60 Å². The molecule has 0 atom stereocenters. The Morgan fingerprint density at radius 1 is 1.57 bits per heavy atom. The molecule has 5 heteroatoms. The van der Waals surface area contributed by atoms with Crippen LogP contribution in [0.1, 0.15) is 22.9 Å². The van der Waals surface area contributed by atoms with Gasteiger partial charge in [-0.3, -0.25) is 0 Å². The Labute approximate surface area is 86.9 Å². The summed E-state index contributed by atoms with van der Waals surface area (Å²) in [6.07, 6.45) is 2.25. The minimum absolute atomic E-state index is 0.217. The molecule has 1 fully saturated rings. The van der Waals surface area contributed by atoms with Crippen LogP contribution < -0.4 is 0 Å². The van der Waals surface area contributed by atoms with Gasteiger partial charge in [-0.05, 0) is 6.92 Å². The lowest BCUT2D eigenvalue weighted by molar-refractivity contribution is -0.126. The van der Waals surface area contributed by atoms with Crippen LogP contribution in [0, 0.1) is 6.92 Å². The molecule has 4 nitrogen and oxygen atoms in total. The Bertz CT molecular complexity index is 320. The molecular formula is C9H14N2O2S. The minimum Gasteiger partial charge on any atom is -0.389 e. The van der Waals surface area contributed by atoms with Crippen molar-refractivity contribution in [3.05, 3.63) is 10.0 Å². The van der Waals surface area contributed by atoms with Crippen molar-refractivity contribution < 1.29 is 9.84 Å². The van der Waals surface area contributed by atoms with E-state index in [-0.39, 0.29) is 6.10 Å². The van der Waals surface area contributed by atoms with Crippen molar-refractivity contribution >= 4 is 11.3 Å². The second-order valence-electron chi connectivity index (χ2n) is 3.88. The van der Waals surface area contributed by atoms with Crippen molar-refractivity contribution in [2.24, 2.45) is 0 Å². The van der Waals surface area contributed by atoms with Crippen molar-refractivity contribution in [2.75, 3.05) is 7.11 Å². The molecular weight excluding hydrogens is 200 g/mol. The summed E-state index contributed by atoms with van der Waals surface area (Å²) >= 11 is 1.55. The Kier molecular flexibility index (Phi) is 2.55. The van der Waals surface area contributed by atoms with Crippen LogP contribution in [0.2, 0.25) is 0 Å². The predicted octanol–water partition coefficient (Wildman–Crippen LogP) is 0.929. The number of hydrogen-bond donors (Lipinski definition) is 1. The summed E-state index contributed by atoms with van der Waals surface area (Å²) in [6, 6.07) is 0. The lowest BCUT2D eigenvalue weighted by Gasteiger charge is -2.42. The Hall–Kier alpha value is -0.520. The molecule has 1 heterocycles. The first kappa shape index (κ1) is 10.0. The summed E-state index contributed by atoms with van der Waals surface area (Å²) < 4.78 is 5.13. The maximum Gasteiger partial charge on any atom is 0.120 e. The van der Waals surface area contributed by atoms with Gasteiger partial charge in [-0.2, -0.15) is 0 Å². The molecule has 14 heavy (non-hydrogen) atoms. The molecule has 1 aliphatic rings. The van der Waals surface area contributed by atoms with Gasteiger partial charge in [0.2, 0.25) is 0 Å². The molecule has 2 rings (SSSR count). The monoisotopic (exact) mass is 214 g/mol. The van der Waals surface area contributed by atoms with E-state index >= 15 is 0 Å². The van der Waals surface area contributed by atoms with Crippen molar-refractivity contribution in [3.8, 4) is 0 Å². The van der Waals surface area contributed by atoms with Crippen molar-refractivity contribution in [2.45, 2.75) is 37.9 Å². The first-order valence-corrected chi connectivity index (χ1v) is 5.47. The van der Waals surface area contributed by atoms with E-state index in [1.54, 1.807) is 18.4 Å². The van der Waals surface area contributed by atoms with E-state index in [9.17, 15) is 5.11 Å². The third kappa shape index (κ3) is 1.94. The number of methoxy groups -OCH3 is 1. The molecule has 0 bridgehead atoms. The van der Waals surface area contributed by atoms with Crippen molar-refractivity contribution in [1.29, 1.82) is 0 Å². The van der Waals surface area contributed by atoms with Gasteiger partial charge in [0, 0.05) is 26.4 Å². The lowest BCUT2D eigenvalue weighted by atomic mass is 9.75. The molecule has 1 aliphatic carbocycles. The highest BCUT2D eigenvalue weighted by molar-refractivity contribution is 7.11. The average molecular weight is 214 g/mol. The Balaban J connectivity index is 1.93. The SMILES string of the molecule is COC1CC(O)(Cc2nnc(C)s2)C1. The third-order valence-corrected chi connectivity index (χ3v) is 3.44. The van der Waals surface area contributed by atoms with Crippen LogP contribution in [0.15, 0.2) is 0 Å². The topological polar surface area (TPSA) is 55.2 Å². The zero-order chi connectivity index (χ0) is 10.2. The minimum atomic E-state index is -0.605. The van der Waals surface area contributed by atoms with Gasteiger partial charge in [-0.15, -0.1) is 21.5 Å². The molecule has 0 amide bonds. The number of hydrogen-bond acceptors (Lipinski definition) is 5. The largest absolute Gasteiger partial charge is 0.389 e. The van der Waals surface area contributed by atoms with E-state index in [4.69, 9.17) is 4.74 Å². The van der Waals surface area contributed by atoms with E-state index in [1.165, 1.54) is 0 Å². The second-order valence-corrected chi connectivity index (χ2v) is 5.15. The number of aromatic nitrogens is 2. The van der Waals surface area contributed by atoms with Crippen LogP contribution >= 0.6 is 11.3 Å². The van der Waals surface area contributed by atoms with Gasteiger partial charge in [-0.1, -0.05) is 0 Å². The molecule has 1 N–H and O–H groups in total. The van der Waals surface area contributed by atoms with Gasteiger partial charge in [0.1, 0.15) is 10.0 Å². The normalized spacial score (nSPS) is 31.5. The summed E-state index contributed by atoms with van der Waals surface area (Å²) in [7, 11) is 1.68. The maximum absolute atomic E-state index is 10.0. The van der Waals surface area contributed by atoms with Gasteiger partial charge < -0.3 is 9.84 Å². The summed E-state index contributed by atoms with van der Waals surface area (Å²) in [5.41, 5.74) is -0.605. The smallest absolute Gasteiger partial charge is 0.120 e. The van der Waals surface area contributed by atoms with E-state index in [1.807, 2.05) is 6.92 Å². The fourth-order valence-corrected chi connectivity index (χ4v) is 2.63. The first-order chi connectivity index (χ1) is 6.61. The summed E-state index contributed by atoms with van der Waals surface area (Å²) in [4.78, 5) is 0. The molecule has 0 aliphatic heterocycles. The molecule has 1 aromatic heterocycles. The summed E-state index contributed by atoms with van der Waals surface area (Å²) in [5.74, 6) is 0. The van der Waals surface area contributed by atoms with E-state index in [0.717, 1.165) is 10.0 Å². The molecule has 0 aromatic carbocycles. The summed E-state index contributed by atoms with van der Waals surface area (Å²) in [5, 5.41) is 19.8. The number of ether oxygens (including phenoxy) is 1. The van der Waals surface area contributed by atoms with Gasteiger partial charge in [-0.25, -0.2) is 0 Å². The van der Waals surface area contributed by atoms with E-state index in [2.05, 4.69) is 10.2 Å². The molecule has 78 valence electrons. The predicted molar refractivity (Wildman–Crippen MR) is 53.3 cm³/mol. The average Bonchev–Trinajstić information content (AvgIpc) is 2.46. The fraction of sp³-hybridized carbons (Fsp3) is 0.778. The quantitative estimate of drug-likeness (QED) is 0.813. The highest BCUT2D eigenvalue weighted by Crippen LogP contribution is 2.37. The number of nitrogens with zero attached hydrogens (tertiary/aromatic N) is 2. The number of aryl methyl sites for hydroxylation is 1. The van der Waals surface area contributed by atoms with Gasteiger partial charge in [0.25, 0.3) is 0 Å². The van der Waals surface area contributed by atoms with Crippen LogP contribution in [0.25, 0.3) is 0 Å². The van der Waals surface area contributed by atoms with Crippen LogP contribution in [-0.2, 0) is 11.2 Å². The van der Waals surface area contributed by atoms with E-state index in [0.29, 0.717) is 19.3 Å². The molecule has 0 spiro atoms. The summed E-state index contributed by atoms with van der Waals surface area (Å²) in [6.45, 7) is 1.92. The van der Waals surface area contributed by atoms with Gasteiger partial charge >= 0.3 is 0 Å². The molecule has 1 saturated carbocycles. The number of rotatable bonds is 3. The standard InChI is InChI=1S/C9H14N2O2S/c1-6-10-11-8(14-6)5-9(12)3-7(4-9)13-2/h7,12H,3-5H2,1-2H3. The maximum atomic E-state index is 10.0. The molecule has 0 radical (unpaired) electrons. The van der Waals surface area contributed by atoms with Crippen LogP contribution in [-0.4, -0.2) is 34.1 Å². The van der Waals surface area contributed by atoms with Crippen LogP contribution in [0.4, 0.5) is 0 Å². The van der Waals surface area contributed by atoms with Crippen LogP contribution in [0.5, 0.6) is 0 Å². The lowest BCUT2D eigenvalue weighted by Crippen LogP contribution is -2.49. The molecule has 1 aromatic rings. The highest BCUT2D eigenvalue weighted by atomic mass is 32.1. The first-order valence-electron chi connectivity index (χ1n) is 4.65. The Morgan fingerprint density at radius 3 is 2.79 bits per heavy atom. The van der Waals surface area contributed by atoms with Gasteiger partial charge in [0.15, 0.2) is 0 Å². The zero-order valence-electron chi connectivity index (χ0n) is 8.36. The highest BCUT2D eigenvalue weighted by Gasteiger charge is 2.43. The zero-order valence-corrected chi connectivity index (χ0v) is 9.17. The Morgan fingerprint density at radius 2 is 2.29 bits per heavy atom. The van der Waals surface area contributed by atoms with Crippen molar-refractivity contribution in [1.82, 2.24) is 10.2 Å². The van der Waals surface area contributed by atoms with Crippen LogP contribution in [0.3, 0.4) is 0 Å². The second kappa shape index (κ2) is 3.56. The fourth-order valence-electron chi connectivity index (χ4n) is 1.79. The molecule has 0 saturated heterocycles. The van der Waals surface area contributed by atoms with Gasteiger partial charge in [0.05, 0.1) is 11.7 Å². The molecule has 0 unspecified atom stereocenters.